The fourth-order valence-corrected chi connectivity index (χ4v) is 4.61. The number of rotatable bonds is 5. The molecule has 1 saturated heterocycles. The summed E-state index contributed by atoms with van der Waals surface area (Å²) in [5.74, 6) is 0.314. The van der Waals surface area contributed by atoms with Crippen molar-refractivity contribution >= 4 is 0 Å². The van der Waals surface area contributed by atoms with Gasteiger partial charge in [0, 0.05) is 37.4 Å². The predicted molar refractivity (Wildman–Crippen MR) is 98.8 cm³/mol. The normalized spacial score (nSPS) is 27.7. The van der Waals surface area contributed by atoms with Gasteiger partial charge in [-0.25, -0.2) is 0 Å². The van der Waals surface area contributed by atoms with Gasteiger partial charge in [0.2, 0.25) is 0 Å². The Morgan fingerprint density at radius 1 is 1.29 bits per heavy atom. The van der Waals surface area contributed by atoms with E-state index in [9.17, 15) is 5.11 Å². The van der Waals surface area contributed by atoms with Gasteiger partial charge >= 0.3 is 0 Å². The molecule has 0 unspecified atom stereocenters. The van der Waals surface area contributed by atoms with Gasteiger partial charge in [-0.3, -0.25) is 4.98 Å². The average Bonchev–Trinajstić information content (AvgIpc) is 2.87. The van der Waals surface area contributed by atoms with Gasteiger partial charge in [0.05, 0.1) is 6.10 Å². The maximum Gasteiger partial charge on any atom is 0.0711 e. The van der Waals surface area contributed by atoms with E-state index in [0.29, 0.717) is 11.3 Å². The molecule has 0 aromatic carbocycles. The summed E-state index contributed by atoms with van der Waals surface area (Å²) in [5.41, 5.74) is 4.72. The highest BCUT2D eigenvalue weighted by Crippen LogP contribution is 2.41. The highest BCUT2D eigenvalue weighted by atomic mass is 16.3. The SMILES string of the molecule is CC1=C(CCN2C[C@@H](Cc3ccccn3)[C@H](O)C2)C(C)(C)CCC1. The molecule has 3 heteroatoms. The Kier molecular flexibility index (Phi) is 5.41. The summed E-state index contributed by atoms with van der Waals surface area (Å²) in [6.45, 7) is 9.99. The van der Waals surface area contributed by atoms with E-state index in [1.165, 1.54) is 19.3 Å². The summed E-state index contributed by atoms with van der Waals surface area (Å²) in [5, 5.41) is 10.4. The van der Waals surface area contributed by atoms with Crippen LogP contribution < -0.4 is 0 Å². The zero-order valence-corrected chi connectivity index (χ0v) is 15.5. The largest absolute Gasteiger partial charge is 0.391 e. The van der Waals surface area contributed by atoms with Crippen LogP contribution in [0.15, 0.2) is 35.5 Å². The topological polar surface area (TPSA) is 36.4 Å². The van der Waals surface area contributed by atoms with Crippen molar-refractivity contribution in [1.82, 2.24) is 9.88 Å². The molecule has 1 N–H and O–H groups in total. The Balaban J connectivity index is 1.56. The molecule has 0 radical (unpaired) electrons. The Morgan fingerprint density at radius 2 is 2.12 bits per heavy atom. The average molecular weight is 329 g/mol. The number of aliphatic hydroxyl groups excluding tert-OH is 1. The Morgan fingerprint density at radius 3 is 2.83 bits per heavy atom. The molecule has 0 bridgehead atoms. The fraction of sp³-hybridized carbons (Fsp3) is 0.667. The van der Waals surface area contributed by atoms with Crippen molar-refractivity contribution in [3.05, 3.63) is 41.2 Å². The van der Waals surface area contributed by atoms with E-state index in [4.69, 9.17) is 0 Å². The highest BCUT2D eigenvalue weighted by Gasteiger charge is 2.33. The van der Waals surface area contributed by atoms with Crippen molar-refractivity contribution in [3.63, 3.8) is 0 Å². The molecule has 2 atom stereocenters. The second-order valence-corrected chi connectivity index (χ2v) is 8.36. The third-order valence-corrected chi connectivity index (χ3v) is 6.04. The van der Waals surface area contributed by atoms with Gasteiger partial charge in [0.15, 0.2) is 0 Å². The number of hydrogen-bond acceptors (Lipinski definition) is 3. The molecule has 1 aromatic heterocycles. The molecule has 0 saturated carbocycles. The van der Waals surface area contributed by atoms with E-state index in [1.807, 2.05) is 18.3 Å². The first-order chi connectivity index (χ1) is 11.5. The van der Waals surface area contributed by atoms with E-state index in [1.54, 1.807) is 11.1 Å². The number of allylic oxidation sites excluding steroid dienone is 1. The summed E-state index contributed by atoms with van der Waals surface area (Å²) in [6, 6.07) is 6.04. The van der Waals surface area contributed by atoms with E-state index >= 15 is 0 Å². The zero-order chi connectivity index (χ0) is 17.2. The quantitative estimate of drug-likeness (QED) is 0.835. The van der Waals surface area contributed by atoms with Crippen molar-refractivity contribution in [2.45, 2.75) is 59.0 Å². The highest BCUT2D eigenvalue weighted by molar-refractivity contribution is 5.22. The number of nitrogens with zero attached hydrogens (tertiary/aromatic N) is 2. The number of aromatic nitrogens is 1. The second-order valence-electron chi connectivity index (χ2n) is 8.36. The molecule has 2 aliphatic rings. The van der Waals surface area contributed by atoms with E-state index in [2.05, 4.69) is 36.7 Å². The van der Waals surface area contributed by atoms with Crippen LogP contribution >= 0.6 is 0 Å². The first kappa shape index (κ1) is 17.6. The summed E-state index contributed by atoms with van der Waals surface area (Å²) < 4.78 is 0. The number of aliphatic hydroxyl groups is 1. The summed E-state index contributed by atoms with van der Waals surface area (Å²) in [4.78, 5) is 6.86. The summed E-state index contributed by atoms with van der Waals surface area (Å²) in [6.07, 6.45) is 7.56. The van der Waals surface area contributed by atoms with Crippen molar-refractivity contribution in [3.8, 4) is 0 Å². The van der Waals surface area contributed by atoms with Crippen LogP contribution in [-0.4, -0.2) is 40.7 Å². The van der Waals surface area contributed by atoms with Gasteiger partial charge < -0.3 is 10.0 Å². The lowest BCUT2D eigenvalue weighted by molar-refractivity contribution is 0.141. The molecule has 1 aliphatic heterocycles. The van der Waals surface area contributed by atoms with E-state index in [-0.39, 0.29) is 6.10 Å². The van der Waals surface area contributed by atoms with Gasteiger partial charge in [-0.15, -0.1) is 0 Å². The lowest BCUT2D eigenvalue weighted by Gasteiger charge is -2.35. The number of pyridine rings is 1. The molecule has 3 rings (SSSR count). The van der Waals surface area contributed by atoms with Crippen molar-refractivity contribution in [2.24, 2.45) is 11.3 Å². The molecule has 24 heavy (non-hydrogen) atoms. The molecule has 3 nitrogen and oxygen atoms in total. The van der Waals surface area contributed by atoms with E-state index in [0.717, 1.165) is 38.2 Å². The summed E-state index contributed by atoms with van der Waals surface area (Å²) >= 11 is 0. The van der Waals surface area contributed by atoms with Gasteiger partial charge in [-0.05, 0) is 56.6 Å². The van der Waals surface area contributed by atoms with Crippen LogP contribution in [0.25, 0.3) is 0 Å². The molecule has 0 amide bonds. The Labute approximate surface area is 146 Å². The summed E-state index contributed by atoms with van der Waals surface area (Å²) in [7, 11) is 0. The van der Waals surface area contributed by atoms with Crippen LogP contribution in [0.4, 0.5) is 0 Å². The molecule has 1 aliphatic carbocycles. The first-order valence-corrected chi connectivity index (χ1v) is 9.45. The lowest BCUT2D eigenvalue weighted by Crippen LogP contribution is -2.27. The van der Waals surface area contributed by atoms with Crippen LogP contribution in [0, 0.1) is 11.3 Å². The standard InChI is InChI=1S/C21H32N2O/c1-16-7-6-10-21(2,3)19(16)9-12-23-14-17(20(24)15-23)13-18-8-4-5-11-22-18/h4-5,8,11,17,20,24H,6-7,9-10,12-15H2,1-3H3/t17-,20-/m1/s1. The molecule has 2 heterocycles. The molecule has 1 aromatic rings. The van der Waals surface area contributed by atoms with E-state index < -0.39 is 0 Å². The molecular formula is C21H32N2O. The van der Waals surface area contributed by atoms with Gasteiger partial charge in [0.1, 0.15) is 0 Å². The minimum Gasteiger partial charge on any atom is -0.391 e. The molecule has 1 fully saturated rings. The Hall–Kier alpha value is -1.19. The van der Waals surface area contributed by atoms with Crippen LogP contribution in [0.5, 0.6) is 0 Å². The predicted octanol–water partition coefficient (Wildman–Crippen LogP) is 3.83. The van der Waals surface area contributed by atoms with Crippen molar-refractivity contribution in [2.75, 3.05) is 19.6 Å². The zero-order valence-electron chi connectivity index (χ0n) is 15.5. The van der Waals surface area contributed by atoms with Crippen LogP contribution in [0.3, 0.4) is 0 Å². The smallest absolute Gasteiger partial charge is 0.0711 e. The van der Waals surface area contributed by atoms with Crippen LogP contribution in [0.2, 0.25) is 0 Å². The maximum absolute atomic E-state index is 10.4. The lowest BCUT2D eigenvalue weighted by atomic mass is 9.71. The molecule has 0 spiro atoms. The third-order valence-electron chi connectivity index (χ3n) is 6.04. The fourth-order valence-electron chi connectivity index (χ4n) is 4.61. The minimum absolute atomic E-state index is 0.221. The monoisotopic (exact) mass is 328 g/mol. The molecule has 132 valence electrons. The minimum atomic E-state index is -0.221. The van der Waals surface area contributed by atoms with Gasteiger partial charge in [0.25, 0.3) is 0 Å². The van der Waals surface area contributed by atoms with Crippen molar-refractivity contribution < 1.29 is 5.11 Å². The number of likely N-dealkylation sites (tertiary alicyclic amines) is 1. The number of β-amino-alcohol motifs (C(OH)–C–C–N with tert-alkyl or cyclic N) is 1. The molecular weight excluding hydrogens is 296 g/mol. The Bertz CT molecular complexity index is 579. The van der Waals surface area contributed by atoms with Crippen molar-refractivity contribution in [1.29, 1.82) is 0 Å². The maximum atomic E-state index is 10.4. The van der Waals surface area contributed by atoms with Gasteiger partial charge in [-0.1, -0.05) is 31.1 Å². The second kappa shape index (κ2) is 7.37. The number of hydrogen-bond donors (Lipinski definition) is 1. The van der Waals surface area contributed by atoms with Crippen LogP contribution in [-0.2, 0) is 6.42 Å². The third kappa shape index (κ3) is 4.07. The van der Waals surface area contributed by atoms with Gasteiger partial charge in [-0.2, -0.15) is 0 Å². The van der Waals surface area contributed by atoms with Crippen LogP contribution in [0.1, 0.15) is 52.1 Å². The first-order valence-electron chi connectivity index (χ1n) is 9.45.